The highest BCUT2D eigenvalue weighted by Gasteiger charge is 2.19. The number of ether oxygens (including phenoxy) is 4. The molecule has 0 aliphatic heterocycles. The van der Waals surface area contributed by atoms with Gasteiger partial charge in [0, 0.05) is 28.3 Å². The van der Waals surface area contributed by atoms with E-state index in [1.54, 1.807) is 12.1 Å². The number of carbonyl (C=O) groups is 2. The summed E-state index contributed by atoms with van der Waals surface area (Å²) in [6.45, 7) is -0.859. The van der Waals surface area contributed by atoms with E-state index in [9.17, 15) is 19.7 Å². The number of halogens is 1. The van der Waals surface area contributed by atoms with Gasteiger partial charge in [0.1, 0.15) is 6.54 Å². The number of amides is 1. The van der Waals surface area contributed by atoms with Crippen LogP contribution < -0.4 is 19.5 Å². The van der Waals surface area contributed by atoms with Gasteiger partial charge in [-0.15, -0.1) is 10.2 Å². The van der Waals surface area contributed by atoms with E-state index in [0.717, 1.165) is 12.1 Å². The minimum Gasteiger partial charge on any atom is -0.493 e. The third-order valence-corrected chi connectivity index (χ3v) is 4.70. The maximum absolute atomic E-state index is 12.2. The van der Waals surface area contributed by atoms with E-state index < -0.39 is 23.3 Å². The number of nitrogens with zero attached hydrogens (tertiary/aromatic N) is 3. The second-order valence-corrected chi connectivity index (χ2v) is 7.15. The molecule has 184 valence electrons. The molecule has 0 atom stereocenters. The molecule has 0 unspecified atom stereocenters. The van der Waals surface area contributed by atoms with Gasteiger partial charge >= 0.3 is 5.97 Å². The third kappa shape index (κ3) is 6.14. The molecule has 3 rings (SSSR count). The van der Waals surface area contributed by atoms with Gasteiger partial charge < -0.3 is 28.7 Å². The van der Waals surface area contributed by atoms with E-state index in [2.05, 4.69) is 15.5 Å². The maximum atomic E-state index is 12.2. The highest BCUT2D eigenvalue weighted by Crippen LogP contribution is 2.40. The lowest BCUT2D eigenvalue weighted by molar-refractivity contribution is -0.384. The molecule has 3 aromatic rings. The number of nitrogens with one attached hydrogen (secondary N) is 1. The molecule has 0 saturated carbocycles. The molecule has 1 aromatic heterocycles. The Morgan fingerprint density at radius 3 is 2.34 bits per heavy atom. The molecule has 0 radical (unpaired) electrons. The van der Waals surface area contributed by atoms with Crippen LogP contribution in [0.25, 0.3) is 11.5 Å². The molecule has 35 heavy (non-hydrogen) atoms. The molecule has 0 fully saturated rings. The average molecular weight is 507 g/mol. The lowest BCUT2D eigenvalue weighted by atomic mass is 10.2. The number of non-ortho nitro benzene ring substituents is 1. The molecule has 1 amide bonds. The molecule has 0 aliphatic rings. The Bertz CT molecular complexity index is 1240. The zero-order valence-electron chi connectivity index (χ0n) is 18.7. The molecule has 0 saturated heterocycles. The fourth-order valence-corrected chi connectivity index (χ4v) is 3.12. The summed E-state index contributed by atoms with van der Waals surface area (Å²) in [6, 6.07) is 6.60. The average Bonchev–Trinajstić information content (AvgIpc) is 3.33. The lowest BCUT2D eigenvalue weighted by Crippen LogP contribution is -2.30. The summed E-state index contributed by atoms with van der Waals surface area (Å²) >= 11 is 5.79. The van der Waals surface area contributed by atoms with Crippen LogP contribution in [-0.4, -0.2) is 54.9 Å². The van der Waals surface area contributed by atoms with Crippen LogP contribution in [0.4, 0.5) is 5.69 Å². The number of methoxy groups -OCH3 is 3. The number of aromatic nitrogens is 2. The van der Waals surface area contributed by atoms with Crippen molar-refractivity contribution in [2.45, 2.75) is 6.61 Å². The number of benzene rings is 2. The van der Waals surface area contributed by atoms with Crippen molar-refractivity contribution in [3.05, 3.63) is 56.9 Å². The minimum atomic E-state index is -0.803. The first kappa shape index (κ1) is 25.2. The van der Waals surface area contributed by atoms with E-state index in [-0.39, 0.29) is 34.7 Å². The minimum absolute atomic E-state index is 0.00102. The van der Waals surface area contributed by atoms with Crippen molar-refractivity contribution in [1.29, 1.82) is 0 Å². The van der Waals surface area contributed by atoms with Crippen LogP contribution >= 0.6 is 11.6 Å². The number of hydrogen-bond donors (Lipinski definition) is 1. The van der Waals surface area contributed by atoms with Gasteiger partial charge in [0.2, 0.25) is 11.6 Å². The lowest BCUT2D eigenvalue weighted by Gasteiger charge is -2.12. The van der Waals surface area contributed by atoms with Crippen LogP contribution in [0.2, 0.25) is 5.02 Å². The molecule has 14 heteroatoms. The number of esters is 1. The van der Waals surface area contributed by atoms with Gasteiger partial charge in [-0.25, -0.2) is 0 Å². The van der Waals surface area contributed by atoms with Crippen molar-refractivity contribution in [2.75, 3.05) is 27.9 Å². The van der Waals surface area contributed by atoms with Gasteiger partial charge in [0.25, 0.3) is 17.5 Å². The summed E-state index contributed by atoms with van der Waals surface area (Å²) in [7, 11) is 4.40. The van der Waals surface area contributed by atoms with Crippen molar-refractivity contribution in [3.8, 4) is 28.7 Å². The molecule has 0 spiro atoms. The first-order valence-electron chi connectivity index (χ1n) is 9.77. The number of nitro groups is 1. The van der Waals surface area contributed by atoms with E-state index in [1.807, 2.05) is 0 Å². The van der Waals surface area contributed by atoms with E-state index in [0.29, 0.717) is 22.8 Å². The van der Waals surface area contributed by atoms with E-state index in [1.165, 1.54) is 27.4 Å². The van der Waals surface area contributed by atoms with E-state index >= 15 is 0 Å². The second-order valence-electron chi connectivity index (χ2n) is 6.71. The SMILES string of the molecule is COc1cc(-c2nnc(COC(=O)CNC(=O)c3cc(Cl)cc([N+](=O)[O-])c3)o2)cc(OC)c1OC. The topological polar surface area (TPSA) is 165 Å². The van der Waals surface area contributed by atoms with Gasteiger partial charge in [-0.05, 0) is 18.2 Å². The Morgan fingerprint density at radius 1 is 1.06 bits per heavy atom. The predicted molar refractivity (Wildman–Crippen MR) is 120 cm³/mol. The number of nitro benzene ring substituents is 1. The summed E-state index contributed by atoms with van der Waals surface area (Å²) in [5.41, 5.74) is 0.0425. The molecule has 1 heterocycles. The van der Waals surface area contributed by atoms with Crippen LogP contribution in [0.5, 0.6) is 17.2 Å². The quantitative estimate of drug-likeness (QED) is 0.244. The van der Waals surface area contributed by atoms with Crippen LogP contribution in [0.15, 0.2) is 34.7 Å². The first-order chi connectivity index (χ1) is 16.7. The van der Waals surface area contributed by atoms with Crippen molar-refractivity contribution in [2.24, 2.45) is 0 Å². The van der Waals surface area contributed by atoms with Crippen molar-refractivity contribution < 1.29 is 37.9 Å². The largest absolute Gasteiger partial charge is 0.493 e. The standard InChI is InChI=1S/C21H19ClN4O9/c1-31-15-6-12(7-16(32-2)19(15)33-3)21-25-24-17(35-21)10-34-18(27)9-23-20(28)11-4-13(22)8-14(5-11)26(29)30/h4-8H,9-10H2,1-3H3,(H,23,28). The molecule has 2 aromatic carbocycles. The Hall–Kier alpha value is -4.39. The highest BCUT2D eigenvalue weighted by atomic mass is 35.5. The molecule has 1 N–H and O–H groups in total. The summed E-state index contributed by atoms with van der Waals surface area (Å²) in [4.78, 5) is 34.4. The highest BCUT2D eigenvalue weighted by molar-refractivity contribution is 6.31. The smallest absolute Gasteiger partial charge is 0.325 e. The zero-order chi connectivity index (χ0) is 25.5. The van der Waals surface area contributed by atoms with Crippen LogP contribution in [0, 0.1) is 10.1 Å². The second kappa shape index (κ2) is 11.2. The van der Waals surface area contributed by atoms with Crippen molar-refractivity contribution in [1.82, 2.24) is 15.5 Å². The van der Waals surface area contributed by atoms with Gasteiger partial charge in [0.15, 0.2) is 18.1 Å². The molecular formula is C21H19ClN4O9. The Balaban J connectivity index is 1.59. The van der Waals surface area contributed by atoms with E-state index in [4.69, 9.17) is 35.0 Å². The maximum Gasteiger partial charge on any atom is 0.325 e. The van der Waals surface area contributed by atoms with Crippen molar-refractivity contribution >= 4 is 29.2 Å². The number of hydrogen-bond acceptors (Lipinski definition) is 11. The molecule has 0 aliphatic carbocycles. The normalized spacial score (nSPS) is 10.4. The molecule has 0 bridgehead atoms. The number of rotatable bonds is 10. The Labute approximate surface area is 203 Å². The zero-order valence-corrected chi connectivity index (χ0v) is 19.5. The van der Waals surface area contributed by atoms with Gasteiger partial charge in [-0.2, -0.15) is 0 Å². The van der Waals surface area contributed by atoms with Crippen LogP contribution in [0.1, 0.15) is 16.2 Å². The third-order valence-electron chi connectivity index (χ3n) is 4.48. The first-order valence-corrected chi connectivity index (χ1v) is 10.1. The number of carbonyl (C=O) groups excluding carboxylic acids is 2. The van der Waals surface area contributed by atoms with Gasteiger partial charge in [-0.1, -0.05) is 11.6 Å². The van der Waals surface area contributed by atoms with Gasteiger partial charge in [-0.3, -0.25) is 19.7 Å². The molecular weight excluding hydrogens is 488 g/mol. The summed E-state index contributed by atoms with van der Waals surface area (Å²) in [5.74, 6) is -0.271. The Kier molecular flexibility index (Phi) is 8.04. The Morgan fingerprint density at radius 2 is 1.74 bits per heavy atom. The predicted octanol–water partition coefficient (Wildman–Crippen LogP) is 2.80. The van der Waals surface area contributed by atoms with Gasteiger partial charge in [0.05, 0.1) is 26.3 Å². The van der Waals surface area contributed by atoms with Crippen LogP contribution in [-0.2, 0) is 16.1 Å². The monoisotopic (exact) mass is 506 g/mol. The van der Waals surface area contributed by atoms with Crippen LogP contribution in [0.3, 0.4) is 0 Å². The summed E-state index contributed by atoms with van der Waals surface area (Å²) < 4.78 is 26.4. The molecule has 13 nitrogen and oxygen atoms in total. The fraction of sp³-hybridized carbons (Fsp3) is 0.238. The summed E-state index contributed by atoms with van der Waals surface area (Å²) in [5, 5.41) is 20.9. The summed E-state index contributed by atoms with van der Waals surface area (Å²) in [6.07, 6.45) is 0. The van der Waals surface area contributed by atoms with Crippen molar-refractivity contribution in [3.63, 3.8) is 0 Å². The fourth-order valence-electron chi connectivity index (χ4n) is 2.89.